The van der Waals surface area contributed by atoms with E-state index in [0.29, 0.717) is 11.3 Å². The van der Waals surface area contributed by atoms with Crippen molar-refractivity contribution in [3.8, 4) is 0 Å². The average Bonchev–Trinajstić information content (AvgIpc) is 3.15. The molecule has 0 fully saturated rings. The van der Waals surface area contributed by atoms with Gasteiger partial charge in [0.2, 0.25) is 5.91 Å². The Morgan fingerprint density at radius 3 is 2.43 bits per heavy atom. The van der Waals surface area contributed by atoms with Crippen LogP contribution in [0.5, 0.6) is 0 Å². The third-order valence-corrected chi connectivity index (χ3v) is 5.11. The average molecular weight is 443 g/mol. The van der Waals surface area contributed by atoms with Crippen molar-refractivity contribution in [3.63, 3.8) is 0 Å². The summed E-state index contributed by atoms with van der Waals surface area (Å²) < 4.78 is 37.0. The van der Waals surface area contributed by atoms with Crippen LogP contribution in [0.3, 0.4) is 0 Å². The fourth-order valence-corrected chi connectivity index (χ4v) is 3.72. The number of nitrogens with zero attached hydrogens (tertiary/aromatic N) is 2. The number of alkyl halides is 2. The first-order valence-electron chi connectivity index (χ1n) is 9.18. The normalized spacial score (nSPS) is 11.1. The lowest BCUT2D eigenvalue weighted by Gasteiger charge is -2.11. The molecule has 0 atom stereocenters. The van der Waals surface area contributed by atoms with Crippen LogP contribution in [0.1, 0.15) is 64.2 Å². The summed E-state index contributed by atoms with van der Waals surface area (Å²) in [5.74, 6) is -1.92. The number of aromatic nitrogens is 2. The molecular weight excluding hydrogens is 420 g/mol. The van der Waals surface area contributed by atoms with Crippen LogP contribution in [0.15, 0.2) is 6.07 Å². The van der Waals surface area contributed by atoms with Crippen molar-refractivity contribution in [2.75, 3.05) is 11.9 Å². The van der Waals surface area contributed by atoms with E-state index in [-0.39, 0.29) is 28.6 Å². The fourth-order valence-electron chi connectivity index (χ4n) is 2.62. The van der Waals surface area contributed by atoms with E-state index < -0.39 is 36.1 Å². The maximum Gasteiger partial charge on any atom is 0.348 e. The van der Waals surface area contributed by atoms with Crippen molar-refractivity contribution in [2.24, 2.45) is 0 Å². The lowest BCUT2D eigenvalue weighted by Crippen LogP contribution is -2.21. The topological polar surface area (TPSA) is 99.5 Å². The SMILES string of the molecule is CCOC(=O)c1sc(NC(=O)Cn2nc(C(F)F)cc2C)c(C(=O)OC(C)C)c1C. The molecule has 0 aliphatic heterocycles. The van der Waals surface area contributed by atoms with E-state index in [1.54, 1.807) is 34.6 Å². The number of aryl methyl sites for hydroxylation is 1. The molecule has 0 spiro atoms. The Kier molecular flexibility index (Phi) is 7.65. The number of anilines is 1. The number of thiophene rings is 1. The third-order valence-electron chi connectivity index (χ3n) is 3.92. The summed E-state index contributed by atoms with van der Waals surface area (Å²) in [6, 6.07) is 1.19. The number of hydrogen-bond acceptors (Lipinski definition) is 7. The minimum Gasteiger partial charge on any atom is -0.462 e. The molecule has 8 nitrogen and oxygen atoms in total. The Labute approximate surface area is 176 Å². The second-order valence-corrected chi connectivity index (χ2v) is 7.67. The summed E-state index contributed by atoms with van der Waals surface area (Å²) >= 11 is 0.886. The fraction of sp³-hybridized carbons (Fsp3) is 0.474. The summed E-state index contributed by atoms with van der Waals surface area (Å²) in [4.78, 5) is 37.4. The highest BCUT2D eigenvalue weighted by molar-refractivity contribution is 7.18. The first-order valence-corrected chi connectivity index (χ1v) is 10.0. The van der Waals surface area contributed by atoms with E-state index in [1.807, 2.05) is 0 Å². The first-order chi connectivity index (χ1) is 14.0. The molecule has 30 heavy (non-hydrogen) atoms. The summed E-state index contributed by atoms with van der Waals surface area (Å²) in [6.07, 6.45) is -3.16. The molecule has 1 amide bonds. The lowest BCUT2D eigenvalue weighted by atomic mass is 10.1. The summed E-state index contributed by atoms with van der Waals surface area (Å²) in [5, 5.41) is 6.38. The Morgan fingerprint density at radius 1 is 1.23 bits per heavy atom. The Morgan fingerprint density at radius 2 is 1.90 bits per heavy atom. The zero-order chi connectivity index (χ0) is 22.6. The smallest absolute Gasteiger partial charge is 0.348 e. The first kappa shape index (κ1) is 23.5. The molecule has 0 aliphatic rings. The van der Waals surface area contributed by atoms with Crippen LogP contribution in [-0.2, 0) is 20.8 Å². The molecule has 0 saturated carbocycles. The van der Waals surface area contributed by atoms with Gasteiger partial charge in [-0.2, -0.15) is 5.10 Å². The van der Waals surface area contributed by atoms with Gasteiger partial charge < -0.3 is 14.8 Å². The van der Waals surface area contributed by atoms with Gasteiger partial charge in [0.05, 0.1) is 18.3 Å². The zero-order valence-corrected chi connectivity index (χ0v) is 18.1. The molecule has 1 N–H and O–H groups in total. The van der Waals surface area contributed by atoms with Gasteiger partial charge >= 0.3 is 11.9 Å². The van der Waals surface area contributed by atoms with Gasteiger partial charge in [-0.15, -0.1) is 11.3 Å². The van der Waals surface area contributed by atoms with Crippen LogP contribution in [-0.4, -0.2) is 40.3 Å². The molecule has 0 bridgehead atoms. The number of nitrogens with one attached hydrogen (secondary N) is 1. The van der Waals surface area contributed by atoms with Crippen molar-refractivity contribution in [2.45, 2.75) is 53.7 Å². The molecular formula is C19H23F2N3O5S. The Bertz CT molecular complexity index is 952. The van der Waals surface area contributed by atoms with E-state index in [4.69, 9.17) is 9.47 Å². The van der Waals surface area contributed by atoms with Crippen molar-refractivity contribution in [3.05, 3.63) is 33.5 Å². The van der Waals surface area contributed by atoms with E-state index >= 15 is 0 Å². The van der Waals surface area contributed by atoms with Gasteiger partial charge in [0.1, 0.15) is 22.1 Å². The van der Waals surface area contributed by atoms with E-state index in [1.165, 1.54) is 6.07 Å². The highest BCUT2D eigenvalue weighted by Gasteiger charge is 2.28. The Balaban J connectivity index is 2.32. The predicted octanol–water partition coefficient (Wildman–Crippen LogP) is 3.88. The van der Waals surface area contributed by atoms with E-state index in [9.17, 15) is 23.2 Å². The van der Waals surface area contributed by atoms with Gasteiger partial charge in [-0.1, -0.05) is 0 Å². The van der Waals surface area contributed by atoms with Crippen molar-refractivity contribution in [1.29, 1.82) is 0 Å². The predicted molar refractivity (Wildman–Crippen MR) is 106 cm³/mol. The maximum atomic E-state index is 12.8. The third kappa shape index (κ3) is 5.41. The maximum absolute atomic E-state index is 12.8. The number of carbonyl (C=O) groups excluding carboxylic acids is 3. The number of esters is 2. The van der Waals surface area contributed by atoms with Crippen molar-refractivity contribution in [1.82, 2.24) is 9.78 Å². The van der Waals surface area contributed by atoms with E-state index in [0.717, 1.165) is 16.0 Å². The van der Waals surface area contributed by atoms with Crippen LogP contribution in [0.2, 0.25) is 0 Å². The van der Waals surface area contributed by atoms with Gasteiger partial charge in [0, 0.05) is 5.69 Å². The number of ether oxygens (including phenoxy) is 2. The number of rotatable bonds is 8. The molecule has 2 aromatic rings. The molecule has 0 aromatic carbocycles. The van der Waals surface area contributed by atoms with Crippen LogP contribution < -0.4 is 5.32 Å². The molecule has 0 saturated heterocycles. The largest absolute Gasteiger partial charge is 0.462 e. The molecule has 0 unspecified atom stereocenters. The minimum atomic E-state index is -2.75. The summed E-state index contributed by atoms with van der Waals surface area (Å²) in [7, 11) is 0. The van der Waals surface area contributed by atoms with Gasteiger partial charge in [-0.05, 0) is 46.2 Å². The Hall–Kier alpha value is -2.82. The zero-order valence-electron chi connectivity index (χ0n) is 17.2. The number of hydrogen-bond donors (Lipinski definition) is 1. The minimum absolute atomic E-state index is 0.0514. The summed E-state index contributed by atoms with van der Waals surface area (Å²) in [6.45, 7) is 7.90. The number of amides is 1. The van der Waals surface area contributed by atoms with Crippen molar-refractivity contribution >= 4 is 34.2 Å². The molecule has 2 heterocycles. The van der Waals surface area contributed by atoms with Gasteiger partial charge in [-0.3, -0.25) is 9.48 Å². The van der Waals surface area contributed by atoms with Crippen LogP contribution in [0, 0.1) is 13.8 Å². The number of carbonyl (C=O) groups is 3. The highest BCUT2D eigenvalue weighted by atomic mass is 32.1. The molecule has 0 aliphatic carbocycles. The second kappa shape index (κ2) is 9.79. The highest BCUT2D eigenvalue weighted by Crippen LogP contribution is 2.34. The lowest BCUT2D eigenvalue weighted by molar-refractivity contribution is -0.116. The van der Waals surface area contributed by atoms with Gasteiger partial charge in [0.15, 0.2) is 0 Å². The molecule has 164 valence electrons. The molecule has 2 rings (SSSR count). The van der Waals surface area contributed by atoms with Gasteiger partial charge in [0.25, 0.3) is 6.43 Å². The standard InChI is InChI=1S/C19H23F2N3O5S/c1-6-28-19(27)15-11(5)14(18(26)29-9(2)3)17(30-15)22-13(25)8-24-10(4)7-12(23-24)16(20)21/h7,9,16H,6,8H2,1-5H3,(H,22,25). The van der Waals surface area contributed by atoms with Gasteiger partial charge in [-0.25, -0.2) is 18.4 Å². The molecule has 0 radical (unpaired) electrons. The second-order valence-electron chi connectivity index (χ2n) is 6.65. The monoisotopic (exact) mass is 443 g/mol. The van der Waals surface area contributed by atoms with Crippen LogP contribution in [0.4, 0.5) is 13.8 Å². The van der Waals surface area contributed by atoms with Crippen LogP contribution >= 0.6 is 11.3 Å². The number of halogens is 2. The van der Waals surface area contributed by atoms with Crippen molar-refractivity contribution < 1.29 is 32.6 Å². The van der Waals surface area contributed by atoms with E-state index in [2.05, 4.69) is 10.4 Å². The molecule has 11 heteroatoms. The van der Waals surface area contributed by atoms with Crippen LogP contribution in [0.25, 0.3) is 0 Å². The quantitative estimate of drug-likeness (QED) is 0.622. The molecule has 2 aromatic heterocycles. The summed E-state index contributed by atoms with van der Waals surface area (Å²) in [5.41, 5.74) is 0.331.